The van der Waals surface area contributed by atoms with E-state index in [0.29, 0.717) is 33.9 Å². The Balaban J connectivity index is 1.48. The van der Waals surface area contributed by atoms with Gasteiger partial charge in [0.1, 0.15) is 17.8 Å². The number of benzene rings is 2. The molecule has 4 aliphatic heterocycles. The van der Waals surface area contributed by atoms with Gasteiger partial charge in [-0.15, -0.1) is 0 Å². The lowest BCUT2D eigenvalue weighted by Crippen LogP contribution is -2.58. The Morgan fingerprint density at radius 3 is 2.64 bits per heavy atom. The molecule has 36 heavy (non-hydrogen) atoms. The lowest BCUT2D eigenvalue weighted by molar-refractivity contribution is -0.123. The van der Waals surface area contributed by atoms with Gasteiger partial charge in [-0.2, -0.15) is 0 Å². The number of fused-ring (bicyclic) bond motifs is 1. The summed E-state index contributed by atoms with van der Waals surface area (Å²) >= 11 is 0. The van der Waals surface area contributed by atoms with Crippen LogP contribution in [0, 0.1) is 0 Å². The summed E-state index contributed by atoms with van der Waals surface area (Å²) in [5.41, 5.74) is 6.13. The molecule has 2 aromatic carbocycles. The molecule has 180 valence electrons. The highest BCUT2D eigenvalue weighted by Crippen LogP contribution is 2.48. The summed E-state index contributed by atoms with van der Waals surface area (Å²) < 4.78 is 12.3. The number of hydrogen-bond acceptors (Lipinski definition) is 5. The first-order chi connectivity index (χ1) is 17.7. The lowest BCUT2D eigenvalue weighted by Gasteiger charge is -2.44. The summed E-state index contributed by atoms with van der Waals surface area (Å²) in [5.74, 6) is -0.816. The molecule has 2 amide bonds. The fourth-order valence-corrected chi connectivity index (χ4v) is 6.59. The van der Waals surface area contributed by atoms with E-state index in [1.165, 1.54) is 11.3 Å². The van der Waals surface area contributed by atoms with Crippen molar-refractivity contribution in [2.24, 2.45) is 4.99 Å². The Kier molecular flexibility index (Phi) is 4.84. The molecule has 5 heterocycles. The van der Waals surface area contributed by atoms with Crippen LogP contribution in [-0.2, 0) is 20.7 Å². The molecule has 0 bridgehead atoms. The zero-order valence-electron chi connectivity index (χ0n) is 19.8. The number of nitrogens with zero attached hydrogens (tertiary/aromatic N) is 2. The number of furan rings is 1. The minimum Gasteiger partial charge on any atom is -0.464 e. The first kappa shape index (κ1) is 21.5. The Labute approximate surface area is 208 Å². The molecule has 0 aliphatic carbocycles. The van der Waals surface area contributed by atoms with E-state index in [9.17, 15) is 9.59 Å². The van der Waals surface area contributed by atoms with Crippen molar-refractivity contribution < 1.29 is 18.7 Å². The first-order valence-electron chi connectivity index (χ1n) is 12.5. The van der Waals surface area contributed by atoms with Crippen molar-refractivity contribution in [1.82, 2.24) is 9.80 Å². The van der Waals surface area contributed by atoms with Gasteiger partial charge < -0.3 is 9.15 Å². The summed E-state index contributed by atoms with van der Waals surface area (Å²) in [6.07, 6.45) is 8.29. The van der Waals surface area contributed by atoms with Gasteiger partial charge in [-0.1, -0.05) is 30.3 Å². The van der Waals surface area contributed by atoms with Crippen LogP contribution in [0.1, 0.15) is 29.5 Å². The third kappa shape index (κ3) is 3.03. The van der Waals surface area contributed by atoms with Crippen LogP contribution in [0.3, 0.4) is 0 Å². The minimum atomic E-state index is -0.413. The first-order valence-corrected chi connectivity index (χ1v) is 12.5. The van der Waals surface area contributed by atoms with Gasteiger partial charge in [0.05, 0.1) is 49.4 Å². The van der Waals surface area contributed by atoms with E-state index in [1.807, 2.05) is 30.5 Å². The van der Waals surface area contributed by atoms with Gasteiger partial charge in [-0.25, -0.2) is 0 Å². The van der Waals surface area contributed by atoms with Crippen LogP contribution < -0.4 is 9.80 Å². The molecular formula is C29H26N3O4+. The van der Waals surface area contributed by atoms with Crippen molar-refractivity contribution >= 4 is 45.8 Å². The van der Waals surface area contributed by atoms with Crippen LogP contribution in [0.15, 0.2) is 69.9 Å². The molecule has 1 saturated heterocycles. The van der Waals surface area contributed by atoms with Crippen LogP contribution in [0.25, 0.3) is 22.1 Å². The molecule has 4 aliphatic rings. The molecule has 7 nitrogen and oxygen atoms in total. The number of nitrogens with one attached hydrogen (secondary N) is 1. The third-order valence-electron chi connectivity index (χ3n) is 8.19. The average Bonchev–Trinajstić information content (AvgIpc) is 3.59. The quantitative estimate of drug-likeness (QED) is 0.454. The summed E-state index contributed by atoms with van der Waals surface area (Å²) in [6.45, 7) is 3.34. The number of amides is 2. The largest absolute Gasteiger partial charge is 0.464 e. The number of carbonyl (C=O) groups excluding carboxylic acids is 2. The number of aliphatic imine (C=N–C) groups is 1. The fraction of sp³-hybridized carbons (Fsp3) is 0.276. The molecule has 0 saturated carbocycles. The minimum absolute atomic E-state index is 0.335. The molecule has 1 aromatic heterocycles. The van der Waals surface area contributed by atoms with Gasteiger partial charge in [0.25, 0.3) is 11.8 Å². The van der Waals surface area contributed by atoms with Crippen molar-refractivity contribution in [2.45, 2.75) is 25.3 Å². The predicted molar refractivity (Wildman–Crippen MR) is 138 cm³/mol. The Bertz CT molecular complexity index is 1520. The van der Waals surface area contributed by atoms with Gasteiger partial charge in [0.15, 0.2) is 0 Å². The standard InChI is InChI=1S/C29H25N3O4/c33-28-24(22-6-2-4-19-8-16-36-27(19)22)25(29(34)31-28)23-17-30-11-13-32(20-9-14-35-15-10-20)12-7-18-3-1-5-21(23)26(18)32/h1-6,8,11,16-17,20H,7,9-10,12-15H2/p+1. The maximum atomic E-state index is 13.4. The number of rotatable bonds is 3. The van der Waals surface area contributed by atoms with Crippen LogP contribution in [0.5, 0.6) is 0 Å². The zero-order chi connectivity index (χ0) is 24.3. The molecule has 1 N–H and O–H groups in total. The molecule has 1 unspecified atom stereocenters. The van der Waals surface area contributed by atoms with Gasteiger partial charge in [0.2, 0.25) is 0 Å². The van der Waals surface area contributed by atoms with Crippen LogP contribution >= 0.6 is 0 Å². The number of quaternary nitrogens is 1. The normalized spacial score (nSPS) is 24.1. The van der Waals surface area contributed by atoms with Gasteiger partial charge in [-0.3, -0.25) is 24.4 Å². The second-order valence-electron chi connectivity index (χ2n) is 9.90. The second kappa shape index (κ2) is 8.11. The predicted octanol–water partition coefficient (Wildman–Crippen LogP) is 4.01. The van der Waals surface area contributed by atoms with Crippen molar-refractivity contribution in [2.75, 3.05) is 26.3 Å². The molecule has 0 radical (unpaired) electrons. The summed E-state index contributed by atoms with van der Waals surface area (Å²) in [6, 6.07) is 14.3. The highest BCUT2D eigenvalue weighted by molar-refractivity contribution is 6.41. The van der Waals surface area contributed by atoms with E-state index in [4.69, 9.17) is 9.15 Å². The molecule has 1 atom stereocenters. The second-order valence-corrected chi connectivity index (χ2v) is 9.90. The van der Waals surface area contributed by atoms with Crippen molar-refractivity contribution in [1.29, 1.82) is 0 Å². The molecule has 0 spiro atoms. The van der Waals surface area contributed by atoms with Crippen molar-refractivity contribution in [3.05, 3.63) is 77.2 Å². The average molecular weight is 481 g/mol. The number of carbonyl (C=O) groups is 2. The molecule has 1 fully saturated rings. The number of ether oxygens (including phenoxy) is 1. The van der Waals surface area contributed by atoms with Gasteiger partial charge >= 0.3 is 0 Å². The van der Waals surface area contributed by atoms with E-state index < -0.39 is 11.8 Å². The maximum absolute atomic E-state index is 13.4. The maximum Gasteiger partial charge on any atom is 0.259 e. The monoisotopic (exact) mass is 480 g/mol. The van der Waals surface area contributed by atoms with E-state index >= 15 is 0 Å². The summed E-state index contributed by atoms with van der Waals surface area (Å²) in [7, 11) is 0. The van der Waals surface area contributed by atoms with Crippen molar-refractivity contribution in [3.8, 4) is 0 Å². The van der Waals surface area contributed by atoms with Gasteiger partial charge in [0, 0.05) is 53.1 Å². The summed E-state index contributed by atoms with van der Waals surface area (Å²) in [4.78, 5) is 31.3. The molecule has 3 aromatic rings. The highest BCUT2D eigenvalue weighted by atomic mass is 16.5. The molecule has 7 rings (SSSR count). The molecular weight excluding hydrogens is 454 g/mol. The van der Waals surface area contributed by atoms with E-state index in [1.54, 1.807) is 12.5 Å². The number of imide groups is 1. The van der Waals surface area contributed by atoms with Crippen LogP contribution in [-0.4, -0.2) is 50.4 Å². The van der Waals surface area contributed by atoms with E-state index in [-0.39, 0.29) is 0 Å². The number of hydrogen-bond donors (Lipinski definition) is 1. The Morgan fingerprint density at radius 1 is 0.944 bits per heavy atom. The summed E-state index contributed by atoms with van der Waals surface area (Å²) in [5, 5.41) is 3.42. The molecule has 7 heteroatoms. The third-order valence-corrected chi connectivity index (χ3v) is 8.19. The Morgan fingerprint density at radius 2 is 1.75 bits per heavy atom. The fourth-order valence-electron chi connectivity index (χ4n) is 6.59. The zero-order valence-corrected chi connectivity index (χ0v) is 19.8. The van der Waals surface area contributed by atoms with Crippen molar-refractivity contribution in [3.63, 3.8) is 0 Å². The smallest absolute Gasteiger partial charge is 0.259 e. The Hall–Kier alpha value is -3.81. The highest BCUT2D eigenvalue weighted by Gasteiger charge is 2.48. The van der Waals surface area contributed by atoms with Crippen LogP contribution in [0.4, 0.5) is 5.69 Å². The SMILES string of the molecule is O=C1NC(=O)C(c2cccc3ccoc23)=C1C1=CN=CC[N+]2(C3CCOCC3)CCc3cccc1c32. The van der Waals surface area contributed by atoms with E-state index in [2.05, 4.69) is 28.5 Å². The number of para-hydroxylation sites is 2. The topological polar surface area (TPSA) is 80.9 Å². The van der Waals surface area contributed by atoms with E-state index in [0.717, 1.165) is 61.0 Å². The van der Waals surface area contributed by atoms with Gasteiger partial charge in [-0.05, 0) is 12.1 Å². The van der Waals surface area contributed by atoms with Crippen LogP contribution in [0.2, 0.25) is 0 Å². The lowest BCUT2D eigenvalue weighted by atomic mass is 9.88.